The van der Waals surface area contributed by atoms with Crippen LogP contribution in [0.15, 0.2) is 38.9 Å². The van der Waals surface area contributed by atoms with Gasteiger partial charge in [-0.3, -0.25) is 4.98 Å². The van der Waals surface area contributed by atoms with Crippen molar-refractivity contribution >= 4 is 34.0 Å². The quantitative estimate of drug-likeness (QED) is 0.748. The molecule has 2 N–H and O–H groups in total. The number of thiophene rings is 1. The molecule has 21 heavy (non-hydrogen) atoms. The van der Waals surface area contributed by atoms with Crippen molar-refractivity contribution in [1.29, 1.82) is 0 Å². The Labute approximate surface area is 130 Å². The summed E-state index contributed by atoms with van der Waals surface area (Å²) in [6.45, 7) is 3.00. The van der Waals surface area contributed by atoms with E-state index >= 15 is 0 Å². The molecule has 0 radical (unpaired) electrons. The predicted molar refractivity (Wildman–Crippen MR) is 86.3 cm³/mol. The maximum Gasteiger partial charge on any atom is 0.417 e. The van der Waals surface area contributed by atoms with Crippen LogP contribution in [-0.4, -0.2) is 11.5 Å². The Balaban J connectivity index is 2.04. The number of nitrogens with one attached hydrogen (secondary N) is 2. The maximum absolute atomic E-state index is 11.3. The number of aromatic nitrogens is 1. The molecule has 6 heteroatoms. The monoisotopic (exact) mass is 322 g/mol. The highest BCUT2D eigenvalue weighted by Crippen LogP contribution is 2.33. The average molecular weight is 323 g/mol. The van der Waals surface area contributed by atoms with Gasteiger partial charge in [-0.25, -0.2) is 4.79 Å². The van der Waals surface area contributed by atoms with Crippen LogP contribution >= 0.6 is 22.9 Å². The largest absolute Gasteiger partial charge is 0.417 e. The van der Waals surface area contributed by atoms with Crippen molar-refractivity contribution in [3.8, 4) is 0 Å². The minimum atomic E-state index is -0.436. The molecule has 110 valence electrons. The normalized spacial score (nSPS) is 12.9. The van der Waals surface area contributed by atoms with Gasteiger partial charge in [-0.15, -0.1) is 11.3 Å². The highest BCUT2D eigenvalue weighted by Gasteiger charge is 2.18. The van der Waals surface area contributed by atoms with Crippen LogP contribution in [0.2, 0.25) is 5.02 Å². The molecule has 0 aliphatic rings. The molecule has 4 nitrogen and oxygen atoms in total. The van der Waals surface area contributed by atoms with E-state index in [0.29, 0.717) is 11.1 Å². The molecule has 0 amide bonds. The lowest BCUT2D eigenvalue weighted by Gasteiger charge is -2.18. The summed E-state index contributed by atoms with van der Waals surface area (Å²) in [5, 5.41) is 6.23. The molecule has 3 rings (SSSR count). The van der Waals surface area contributed by atoms with Crippen LogP contribution in [0.5, 0.6) is 0 Å². The number of H-pyrrole nitrogens is 1. The fraction of sp³-hybridized carbons (Fsp3) is 0.267. The lowest BCUT2D eigenvalue weighted by molar-refractivity contribution is 0.553. The molecule has 1 unspecified atom stereocenters. The third-order valence-electron chi connectivity index (χ3n) is 3.28. The molecule has 0 aliphatic heterocycles. The molecule has 1 atom stereocenters. The Morgan fingerprint density at radius 1 is 1.43 bits per heavy atom. The van der Waals surface area contributed by atoms with E-state index < -0.39 is 5.76 Å². The standard InChI is InChI=1S/C15H15ClN2O2S/c1-2-6-17-13(14-10(16)5-7-21-14)9-3-4-11-12(8-9)20-15(19)18-11/h3-5,7-8,13,17H,2,6H2,1H3,(H,18,19). The zero-order chi connectivity index (χ0) is 14.8. The Kier molecular flexibility index (Phi) is 4.14. The summed E-state index contributed by atoms with van der Waals surface area (Å²) in [5.74, 6) is -0.436. The van der Waals surface area contributed by atoms with Crippen molar-refractivity contribution in [3.63, 3.8) is 0 Å². The van der Waals surface area contributed by atoms with E-state index in [1.165, 1.54) is 0 Å². The van der Waals surface area contributed by atoms with Gasteiger partial charge in [0.2, 0.25) is 0 Å². The summed E-state index contributed by atoms with van der Waals surface area (Å²) in [7, 11) is 0. The topological polar surface area (TPSA) is 58.0 Å². The molecule has 0 saturated carbocycles. The van der Waals surface area contributed by atoms with Gasteiger partial charge in [0.1, 0.15) is 0 Å². The number of fused-ring (bicyclic) bond motifs is 1. The molecule has 2 heterocycles. The Bertz CT molecular complexity index is 805. The lowest BCUT2D eigenvalue weighted by Crippen LogP contribution is -2.22. The van der Waals surface area contributed by atoms with Gasteiger partial charge in [0.25, 0.3) is 0 Å². The van der Waals surface area contributed by atoms with Gasteiger partial charge in [-0.05, 0) is 42.1 Å². The van der Waals surface area contributed by atoms with E-state index in [1.54, 1.807) is 11.3 Å². The number of hydrogen-bond donors (Lipinski definition) is 2. The molecular weight excluding hydrogens is 308 g/mol. The van der Waals surface area contributed by atoms with Crippen molar-refractivity contribution in [2.75, 3.05) is 6.54 Å². The van der Waals surface area contributed by atoms with Crippen LogP contribution in [0.3, 0.4) is 0 Å². The minimum absolute atomic E-state index is 0.00190. The van der Waals surface area contributed by atoms with Crippen molar-refractivity contribution in [1.82, 2.24) is 10.3 Å². The van der Waals surface area contributed by atoms with Crippen molar-refractivity contribution in [3.05, 3.63) is 55.7 Å². The number of halogens is 1. The zero-order valence-corrected chi connectivity index (χ0v) is 13.1. The Hall–Kier alpha value is -1.56. The summed E-state index contributed by atoms with van der Waals surface area (Å²) in [6.07, 6.45) is 1.03. The van der Waals surface area contributed by atoms with Crippen molar-refractivity contribution < 1.29 is 4.42 Å². The predicted octanol–water partition coefficient (Wildman–Crippen LogP) is 3.93. The first kappa shape index (κ1) is 14.4. The molecule has 0 fully saturated rings. The molecule has 1 aromatic carbocycles. The van der Waals surface area contributed by atoms with E-state index in [9.17, 15) is 4.79 Å². The number of hydrogen-bond acceptors (Lipinski definition) is 4. The fourth-order valence-corrected chi connectivity index (χ4v) is 3.57. The van der Waals surface area contributed by atoms with Crippen LogP contribution in [0.1, 0.15) is 29.8 Å². The second-order valence-electron chi connectivity index (χ2n) is 4.79. The molecule has 0 saturated heterocycles. The highest BCUT2D eigenvalue weighted by atomic mass is 35.5. The zero-order valence-electron chi connectivity index (χ0n) is 11.5. The van der Waals surface area contributed by atoms with Crippen molar-refractivity contribution in [2.24, 2.45) is 0 Å². The smallest absolute Gasteiger partial charge is 0.408 e. The van der Waals surface area contributed by atoms with Crippen LogP contribution in [0.4, 0.5) is 0 Å². The van der Waals surface area contributed by atoms with E-state index in [-0.39, 0.29) is 6.04 Å². The van der Waals surface area contributed by atoms with Crippen LogP contribution in [-0.2, 0) is 0 Å². The molecule has 0 spiro atoms. The lowest BCUT2D eigenvalue weighted by atomic mass is 10.0. The van der Waals surface area contributed by atoms with Crippen molar-refractivity contribution in [2.45, 2.75) is 19.4 Å². The molecule has 2 aromatic heterocycles. The van der Waals surface area contributed by atoms with Crippen LogP contribution < -0.4 is 11.1 Å². The summed E-state index contributed by atoms with van der Waals surface area (Å²) in [6, 6.07) is 7.63. The maximum atomic E-state index is 11.3. The minimum Gasteiger partial charge on any atom is -0.408 e. The van der Waals surface area contributed by atoms with Gasteiger partial charge in [0.05, 0.1) is 16.6 Å². The summed E-state index contributed by atoms with van der Waals surface area (Å²) < 4.78 is 5.14. The number of rotatable bonds is 5. The Morgan fingerprint density at radius 3 is 3.00 bits per heavy atom. The third kappa shape index (κ3) is 2.90. The summed E-state index contributed by atoms with van der Waals surface area (Å²) in [5.41, 5.74) is 2.30. The summed E-state index contributed by atoms with van der Waals surface area (Å²) >= 11 is 7.90. The first-order valence-corrected chi connectivity index (χ1v) is 8.04. The number of benzene rings is 1. The Morgan fingerprint density at radius 2 is 2.29 bits per heavy atom. The second-order valence-corrected chi connectivity index (χ2v) is 6.14. The van der Waals surface area contributed by atoms with Gasteiger partial charge >= 0.3 is 5.76 Å². The van der Waals surface area contributed by atoms with Crippen LogP contribution in [0.25, 0.3) is 11.1 Å². The highest BCUT2D eigenvalue weighted by molar-refractivity contribution is 7.10. The van der Waals surface area contributed by atoms with Gasteiger partial charge in [0.15, 0.2) is 5.58 Å². The molecule has 3 aromatic rings. The number of aromatic amines is 1. The molecule has 0 aliphatic carbocycles. The fourth-order valence-electron chi connectivity index (χ4n) is 2.30. The van der Waals surface area contributed by atoms with E-state index in [4.69, 9.17) is 16.0 Å². The number of oxazole rings is 1. The van der Waals surface area contributed by atoms with Gasteiger partial charge < -0.3 is 9.73 Å². The second kappa shape index (κ2) is 6.05. The SMILES string of the molecule is CCCNC(c1ccc2[nH]c(=O)oc2c1)c1sccc1Cl. The van der Waals surface area contributed by atoms with E-state index in [0.717, 1.165) is 28.4 Å². The van der Waals surface area contributed by atoms with E-state index in [2.05, 4.69) is 17.2 Å². The van der Waals surface area contributed by atoms with E-state index in [1.807, 2.05) is 29.6 Å². The van der Waals surface area contributed by atoms with Crippen LogP contribution in [0, 0.1) is 0 Å². The van der Waals surface area contributed by atoms with Gasteiger partial charge in [-0.1, -0.05) is 24.6 Å². The average Bonchev–Trinajstić information content (AvgIpc) is 3.04. The third-order valence-corrected chi connectivity index (χ3v) is 4.71. The summed E-state index contributed by atoms with van der Waals surface area (Å²) in [4.78, 5) is 15.0. The first-order valence-electron chi connectivity index (χ1n) is 6.78. The molecule has 0 bridgehead atoms. The molecular formula is C15H15ClN2O2S. The van der Waals surface area contributed by atoms with Gasteiger partial charge in [-0.2, -0.15) is 0 Å². The van der Waals surface area contributed by atoms with Gasteiger partial charge in [0, 0.05) is 4.88 Å². The first-order chi connectivity index (χ1) is 10.2.